The van der Waals surface area contributed by atoms with Crippen LogP contribution in [0.15, 0.2) is 65.6 Å². The molecule has 1 N–H and O–H groups in total. The van der Waals surface area contributed by atoms with Crippen molar-refractivity contribution in [1.82, 2.24) is 0 Å². The summed E-state index contributed by atoms with van der Waals surface area (Å²) in [5, 5.41) is 2.73. The molecule has 3 rings (SSSR count). The minimum Gasteiger partial charge on any atom is -0.495 e. The predicted octanol–water partition coefficient (Wildman–Crippen LogP) is 4.16. The van der Waals surface area contributed by atoms with Gasteiger partial charge in [0.2, 0.25) is 5.91 Å². The highest BCUT2D eigenvalue weighted by Gasteiger charge is 2.30. The first-order chi connectivity index (χ1) is 16.2. The summed E-state index contributed by atoms with van der Waals surface area (Å²) in [4.78, 5) is 13.0. The summed E-state index contributed by atoms with van der Waals surface area (Å²) in [5.41, 5.74) is 2.41. The smallest absolute Gasteiger partial charge is 0.268 e. The van der Waals surface area contributed by atoms with Gasteiger partial charge >= 0.3 is 0 Å². The van der Waals surface area contributed by atoms with Crippen LogP contribution in [0.2, 0.25) is 0 Å². The molecule has 0 atom stereocenters. The first-order valence-electron chi connectivity index (χ1n) is 10.5. The first kappa shape index (κ1) is 24.9. The normalized spacial score (nSPS) is 11.0. The zero-order valence-electron chi connectivity index (χ0n) is 19.8. The van der Waals surface area contributed by atoms with Crippen molar-refractivity contribution in [3.8, 4) is 17.2 Å². The molecule has 0 aliphatic heterocycles. The second kappa shape index (κ2) is 10.5. The molecular weight excluding hydrogens is 456 g/mol. The van der Waals surface area contributed by atoms with Crippen molar-refractivity contribution < 1.29 is 27.4 Å². The summed E-state index contributed by atoms with van der Waals surface area (Å²) in [5.74, 6) is 0.622. The first-order valence-corrected chi connectivity index (χ1v) is 11.9. The van der Waals surface area contributed by atoms with Gasteiger partial charge in [0.1, 0.15) is 17.2 Å². The number of methoxy groups -OCH3 is 3. The standard InChI is InChI=1S/C25H28N2O6S/c1-17-7-6-8-20(13-17)27(34(29,30)24-14-18(2)9-11-22(24)32-4)16-25(28)26-19-10-12-21(31-3)23(15-19)33-5/h6-15H,16H2,1-5H3,(H,26,28). The van der Waals surface area contributed by atoms with E-state index in [0.29, 0.717) is 22.9 Å². The minimum atomic E-state index is -4.14. The Labute approximate surface area is 200 Å². The van der Waals surface area contributed by atoms with E-state index in [-0.39, 0.29) is 10.6 Å². The molecule has 0 aliphatic carbocycles. The molecule has 0 saturated carbocycles. The lowest BCUT2D eigenvalue weighted by atomic mass is 10.2. The number of benzene rings is 3. The minimum absolute atomic E-state index is 0.0181. The van der Waals surface area contributed by atoms with E-state index < -0.39 is 22.5 Å². The SMILES string of the molecule is COc1ccc(NC(=O)CN(c2cccc(C)c2)S(=O)(=O)c2cc(C)ccc2OC)cc1OC. The van der Waals surface area contributed by atoms with E-state index in [1.165, 1.54) is 27.4 Å². The van der Waals surface area contributed by atoms with Gasteiger partial charge in [-0.05, 0) is 61.4 Å². The third-order valence-corrected chi connectivity index (χ3v) is 6.93. The molecule has 0 spiro atoms. The van der Waals surface area contributed by atoms with E-state index in [0.717, 1.165) is 15.4 Å². The summed E-state index contributed by atoms with van der Waals surface area (Å²) >= 11 is 0. The maximum atomic E-state index is 13.8. The van der Waals surface area contributed by atoms with Gasteiger partial charge in [-0.2, -0.15) is 0 Å². The maximum absolute atomic E-state index is 13.8. The summed E-state index contributed by atoms with van der Waals surface area (Å²) in [6.07, 6.45) is 0. The van der Waals surface area contributed by atoms with Crippen LogP contribution < -0.4 is 23.8 Å². The van der Waals surface area contributed by atoms with Crippen LogP contribution in [0.4, 0.5) is 11.4 Å². The van der Waals surface area contributed by atoms with Crippen LogP contribution in [0.25, 0.3) is 0 Å². The number of sulfonamides is 1. The molecule has 0 unspecified atom stereocenters. The molecule has 0 aliphatic rings. The predicted molar refractivity (Wildman–Crippen MR) is 132 cm³/mol. The number of hydrogen-bond acceptors (Lipinski definition) is 6. The Morgan fingerprint density at radius 2 is 1.47 bits per heavy atom. The van der Waals surface area contributed by atoms with Crippen LogP contribution in [0.5, 0.6) is 17.2 Å². The van der Waals surface area contributed by atoms with E-state index in [1.54, 1.807) is 55.5 Å². The van der Waals surface area contributed by atoms with Gasteiger partial charge in [0.15, 0.2) is 11.5 Å². The van der Waals surface area contributed by atoms with Crippen molar-refractivity contribution in [3.05, 3.63) is 71.8 Å². The monoisotopic (exact) mass is 484 g/mol. The molecule has 0 saturated heterocycles. The van der Waals surface area contributed by atoms with E-state index in [2.05, 4.69) is 5.32 Å². The lowest BCUT2D eigenvalue weighted by Gasteiger charge is -2.25. The molecule has 0 bridgehead atoms. The fourth-order valence-corrected chi connectivity index (χ4v) is 5.10. The number of nitrogens with zero attached hydrogens (tertiary/aromatic N) is 1. The van der Waals surface area contributed by atoms with E-state index in [9.17, 15) is 13.2 Å². The molecule has 3 aromatic carbocycles. The zero-order chi connectivity index (χ0) is 24.9. The Hall–Kier alpha value is -3.72. The molecule has 0 heterocycles. The highest BCUT2D eigenvalue weighted by molar-refractivity contribution is 7.93. The Kier molecular flexibility index (Phi) is 7.68. The van der Waals surface area contributed by atoms with Crippen LogP contribution in [-0.4, -0.2) is 42.2 Å². The molecule has 1 amide bonds. The third-order valence-electron chi connectivity index (χ3n) is 5.13. The lowest BCUT2D eigenvalue weighted by molar-refractivity contribution is -0.114. The number of anilines is 2. The molecule has 9 heteroatoms. The zero-order valence-corrected chi connectivity index (χ0v) is 20.6. The molecule has 180 valence electrons. The molecule has 0 fully saturated rings. The fraction of sp³-hybridized carbons (Fsp3) is 0.240. The van der Waals surface area contributed by atoms with E-state index in [4.69, 9.17) is 14.2 Å². The van der Waals surface area contributed by atoms with Crippen LogP contribution >= 0.6 is 0 Å². The van der Waals surface area contributed by atoms with Gasteiger partial charge in [0.05, 0.1) is 27.0 Å². The number of nitrogens with one attached hydrogen (secondary N) is 1. The van der Waals surface area contributed by atoms with Crippen molar-refractivity contribution in [3.63, 3.8) is 0 Å². The third kappa shape index (κ3) is 5.43. The fourth-order valence-electron chi connectivity index (χ4n) is 3.45. The summed E-state index contributed by atoms with van der Waals surface area (Å²) in [6, 6.07) is 16.8. The highest BCUT2D eigenvalue weighted by Crippen LogP contribution is 2.32. The van der Waals surface area contributed by atoms with Crippen molar-refractivity contribution >= 4 is 27.3 Å². The summed E-state index contributed by atoms with van der Waals surface area (Å²) in [7, 11) is 0.268. The largest absolute Gasteiger partial charge is 0.495 e. The molecule has 34 heavy (non-hydrogen) atoms. The van der Waals surface area contributed by atoms with Gasteiger partial charge in [-0.15, -0.1) is 0 Å². The highest BCUT2D eigenvalue weighted by atomic mass is 32.2. The number of aryl methyl sites for hydroxylation is 2. The molecular formula is C25H28N2O6S. The quantitative estimate of drug-likeness (QED) is 0.490. The Morgan fingerprint density at radius 1 is 0.824 bits per heavy atom. The van der Waals surface area contributed by atoms with Gasteiger partial charge in [0.25, 0.3) is 10.0 Å². The molecule has 3 aromatic rings. The summed E-state index contributed by atoms with van der Waals surface area (Å²) < 4.78 is 44.4. The van der Waals surface area contributed by atoms with Crippen molar-refractivity contribution in [2.75, 3.05) is 37.5 Å². The lowest BCUT2D eigenvalue weighted by Crippen LogP contribution is -2.38. The number of carbonyl (C=O) groups is 1. The van der Waals surface area contributed by atoms with Crippen LogP contribution in [0.1, 0.15) is 11.1 Å². The number of carbonyl (C=O) groups excluding carboxylic acids is 1. The molecule has 0 radical (unpaired) electrons. The van der Waals surface area contributed by atoms with Crippen molar-refractivity contribution in [2.45, 2.75) is 18.7 Å². The Morgan fingerprint density at radius 3 is 2.12 bits per heavy atom. The summed E-state index contributed by atoms with van der Waals surface area (Å²) in [6.45, 7) is 3.20. The topological polar surface area (TPSA) is 94.2 Å². The molecule has 0 aromatic heterocycles. The van der Waals surface area contributed by atoms with Gasteiger partial charge < -0.3 is 19.5 Å². The second-order valence-corrected chi connectivity index (χ2v) is 9.45. The van der Waals surface area contributed by atoms with Gasteiger partial charge in [0, 0.05) is 11.8 Å². The Balaban J connectivity index is 1.99. The average Bonchev–Trinajstić information content (AvgIpc) is 2.82. The number of ether oxygens (including phenoxy) is 3. The molecule has 8 nitrogen and oxygen atoms in total. The van der Waals surface area contributed by atoms with Gasteiger partial charge in [-0.25, -0.2) is 8.42 Å². The van der Waals surface area contributed by atoms with Gasteiger partial charge in [-0.1, -0.05) is 18.2 Å². The second-order valence-electron chi connectivity index (χ2n) is 7.62. The Bertz CT molecular complexity index is 1290. The van der Waals surface area contributed by atoms with Crippen molar-refractivity contribution in [1.29, 1.82) is 0 Å². The number of rotatable bonds is 9. The maximum Gasteiger partial charge on any atom is 0.268 e. The van der Waals surface area contributed by atoms with Crippen LogP contribution in [0.3, 0.4) is 0 Å². The van der Waals surface area contributed by atoms with E-state index >= 15 is 0 Å². The van der Waals surface area contributed by atoms with Crippen LogP contribution in [-0.2, 0) is 14.8 Å². The average molecular weight is 485 g/mol. The van der Waals surface area contributed by atoms with E-state index in [1.807, 2.05) is 13.0 Å². The van der Waals surface area contributed by atoms with Crippen molar-refractivity contribution in [2.24, 2.45) is 0 Å². The number of amides is 1. The number of hydrogen-bond donors (Lipinski definition) is 1. The van der Waals surface area contributed by atoms with Gasteiger partial charge in [-0.3, -0.25) is 9.10 Å². The van der Waals surface area contributed by atoms with Crippen LogP contribution in [0, 0.1) is 13.8 Å².